The van der Waals surface area contributed by atoms with Crippen LogP contribution in [0.4, 0.5) is 0 Å². The summed E-state index contributed by atoms with van der Waals surface area (Å²) in [5.74, 6) is 2.59. The van der Waals surface area contributed by atoms with Gasteiger partial charge in [-0.15, -0.1) is 0 Å². The Hall–Kier alpha value is -3.15. The standard InChI is InChI=1S/C31H34ClNO4/c1-18-11-12-33(16-18)20(3)17-36-24-8-5-22(6-9-24)31-30(26-15-28(35)19(2)13-27(26)32)21(4)25-14-23(34)7-10-29(25)37-31/h5-10,13-15,18,20,31,34-35H,11-12,16-17H2,1-4H3. The predicted molar refractivity (Wildman–Crippen MR) is 149 cm³/mol. The average molecular weight is 520 g/mol. The summed E-state index contributed by atoms with van der Waals surface area (Å²) in [6.45, 7) is 11.2. The number of phenols is 2. The van der Waals surface area contributed by atoms with E-state index in [2.05, 4.69) is 18.7 Å². The topological polar surface area (TPSA) is 62.2 Å². The third kappa shape index (κ3) is 5.16. The van der Waals surface area contributed by atoms with Gasteiger partial charge in [-0.3, -0.25) is 4.90 Å². The van der Waals surface area contributed by atoms with Gasteiger partial charge in [-0.25, -0.2) is 0 Å². The van der Waals surface area contributed by atoms with Crippen LogP contribution in [0.5, 0.6) is 23.0 Å². The normalized spacial score (nSPS) is 20.5. The molecule has 0 aliphatic carbocycles. The van der Waals surface area contributed by atoms with Gasteiger partial charge in [-0.1, -0.05) is 30.7 Å². The fourth-order valence-corrected chi connectivity index (χ4v) is 5.64. The van der Waals surface area contributed by atoms with Gasteiger partial charge in [-0.2, -0.15) is 0 Å². The van der Waals surface area contributed by atoms with Gasteiger partial charge in [0.15, 0.2) is 0 Å². The van der Waals surface area contributed by atoms with Crippen LogP contribution in [0.25, 0.3) is 11.1 Å². The summed E-state index contributed by atoms with van der Waals surface area (Å²) in [4.78, 5) is 2.49. The van der Waals surface area contributed by atoms with Crippen molar-refractivity contribution < 1.29 is 19.7 Å². The second-order valence-electron chi connectivity index (χ2n) is 10.5. The number of fused-ring (bicyclic) bond motifs is 1. The maximum Gasteiger partial charge on any atom is 0.150 e. The first-order valence-electron chi connectivity index (χ1n) is 12.9. The van der Waals surface area contributed by atoms with E-state index < -0.39 is 6.10 Å². The first-order chi connectivity index (χ1) is 17.7. The molecule has 0 bridgehead atoms. The zero-order valence-electron chi connectivity index (χ0n) is 21.8. The molecule has 3 aromatic rings. The summed E-state index contributed by atoms with van der Waals surface area (Å²) in [7, 11) is 0. The molecule has 37 heavy (non-hydrogen) atoms. The fourth-order valence-electron chi connectivity index (χ4n) is 5.32. The number of ether oxygens (including phenoxy) is 2. The van der Waals surface area contributed by atoms with E-state index in [1.807, 2.05) is 38.1 Å². The Balaban J connectivity index is 1.45. The molecule has 2 aliphatic heterocycles. The van der Waals surface area contributed by atoms with Gasteiger partial charge < -0.3 is 19.7 Å². The van der Waals surface area contributed by atoms with Crippen LogP contribution in [-0.2, 0) is 0 Å². The number of hydrogen-bond acceptors (Lipinski definition) is 5. The van der Waals surface area contributed by atoms with Crippen molar-refractivity contribution in [2.24, 2.45) is 5.92 Å². The summed E-state index contributed by atoms with van der Waals surface area (Å²) < 4.78 is 12.6. The maximum atomic E-state index is 10.5. The molecule has 3 atom stereocenters. The minimum absolute atomic E-state index is 0.163. The average Bonchev–Trinajstić information content (AvgIpc) is 3.32. The van der Waals surface area contributed by atoms with Crippen molar-refractivity contribution in [3.8, 4) is 23.0 Å². The highest BCUT2D eigenvalue weighted by Crippen LogP contribution is 2.49. The molecule has 5 nitrogen and oxygen atoms in total. The smallest absolute Gasteiger partial charge is 0.150 e. The van der Waals surface area contributed by atoms with Crippen molar-refractivity contribution in [1.82, 2.24) is 4.90 Å². The number of rotatable bonds is 6. The Bertz CT molecular complexity index is 1330. The molecule has 2 heterocycles. The molecule has 0 aromatic heterocycles. The molecule has 3 unspecified atom stereocenters. The van der Waals surface area contributed by atoms with E-state index in [4.69, 9.17) is 21.1 Å². The first kappa shape index (κ1) is 25.5. The SMILES string of the molecule is CC1=C(c2cc(O)c(C)cc2Cl)C(c2ccc(OCC(C)N3CCC(C)C3)cc2)Oc2ccc(O)cc21. The predicted octanol–water partition coefficient (Wildman–Crippen LogP) is 7.23. The number of likely N-dealkylation sites (tertiary alicyclic amines) is 1. The Kier molecular flexibility index (Phi) is 7.11. The van der Waals surface area contributed by atoms with Crippen molar-refractivity contribution in [2.75, 3.05) is 19.7 Å². The van der Waals surface area contributed by atoms with Crippen LogP contribution in [0.2, 0.25) is 5.02 Å². The van der Waals surface area contributed by atoms with Crippen LogP contribution in [0.1, 0.15) is 55.5 Å². The van der Waals surface area contributed by atoms with Gasteiger partial charge >= 0.3 is 0 Å². The highest BCUT2D eigenvalue weighted by atomic mass is 35.5. The number of phenolic OH excluding ortho intramolecular Hbond substituents is 2. The molecule has 0 saturated carbocycles. The molecule has 2 N–H and O–H groups in total. The molecule has 1 saturated heterocycles. The summed E-state index contributed by atoms with van der Waals surface area (Å²) >= 11 is 6.70. The largest absolute Gasteiger partial charge is 0.508 e. The second-order valence-corrected chi connectivity index (χ2v) is 10.9. The first-order valence-corrected chi connectivity index (χ1v) is 13.3. The number of halogens is 1. The Labute approximate surface area is 223 Å². The van der Waals surface area contributed by atoms with Gasteiger partial charge in [-0.05, 0) is 98.8 Å². The van der Waals surface area contributed by atoms with E-state index in [9.17, 15) is 10.2 Å². The number of aryl methyl sites for hydroxylation is 1. The Morgan fingerprint density at radius 1 is 1.05 bits per heavy atom. The lowest BCUT2D eigenvalue weighted by Gasteiger charge is -2.31. The van der Waals surface area contributed by atoms with Crippen LogP contribution in [0.15, 0.2) is 54.6 Å². The number of hydrogen-bond donors (Lipinski definition) is 2. The highest BCUT2D eigenvalue weighted by Gasteiger charge is 2.31. The molecular formula is C31H34ClNO4. The van der Waals surface area contributed by atoms with E-state index >= 15 is 0 Å². The zero-order chi connectivity index (χ0) is 26.3. The molecule has 2 aliphatic rings. The van der Waals surface area contributed by atoms with Gasteiger partial charge in [0.1, 0.15) is 35.7 Å². The van der Waals surface area contributed by atoms with Crippen LogP contribution in [-0.4, -0.2) is 40.9 Å². The summed E-state index contributed by atoms with van der Waals surface area (Å²) in [6.07, 6.45) is 0.803. The van der Waals surface area contributed by atoms with Gasteiger partial charge in [0, 0.05) is 34.3 Å². The van der Waals surface area contributed by atoms with Gasteiger partial charge in [0.05, 0.1) is 0 Å². The lowest BCUT2D eigenvalue weighted by atomic mass is 9.85. The zero-order valence-corrected chi connectivity index (χ0v) is 22.5. The molecule has 1 fully saturated rings. The minimum Gasteiger partial charge on any atom is -0.508 e. The van der Waals surface area contributed by atoms with Crippen LogP contribution >= 0.6 is 11.6 Å². The van der Waals surface area contributed by atoms with Crippen molar-refractivity contribution in [3.63, 3.8) is 0 Å². The molecule has 194 valence electrons. The van der Waals surface area contributed by atoms with Gasteiger partial charge in [0.25, 0.3) is 0 Å². The van der Waals surface area contributed by atoms with Crippen LogP contribution in [0.3, 0.4) is 0 Å². The van der Waals surface area contributed by atoms with Crippen molar-refractivity contribution in [3.05, 3.63) is 81.9 Å². The summed E-state index contributed by atoms with van der Waals surface area (Å²) in [5, 5.41) is 21.1. The molecular weight excluding hydrogens is 486 g/mol. The molecule has 0 amide bonds. The van der Waals surface area contributed by atoms with Crippen molar-refractivity contribution in [2.45, 2.75) is 46.3 Å². The molecule has 0 radical (unpaired) electrons. The van der Waals surface area contributed by atoms with Crippen LogP contribution < -0.4 is 9.47 Å². The number of aromatic hydroxyl groups is 2. The van der Waals surface area contributed by atoms with E-state index in [-0.39, 0.29) is 11.5 Å². The summed E-state index contributed by atoms with van der Waals surface area (Å²) in [6, 6.07) is 16.9. The minimum atomic E-state index is -0.448. The Morgan fingerprint density at radius 3 is 2.51 bits per heavy atom. The number of benzene rings is 3. The van der Waals surface area contributed by atoms with Crippen molar-refractivity contribution in [1.29, 1.82) is 0 Å². The number of allylic oxidation sites excluding steroid dienone is 1. The quantitative estimate of drug-likeness (QED) is 0.359. The fraction of sp³-hybridized carbons (Fsp3) is 0.355. The maximum absolute atomic E-state index is 10.5. The highest BCUT2D eigenvalue weighted by molar-refractivity contribution is 6.33. The van der Waals surface area contributed by atoms with E-state index in [0.717, 1.165) is 47.0 Å². The molecule has 0 spiro atoms. The third-order valence-corrected chi connectivity index (χ3v) is 7.92. The number of nitrogens with zero attached hydrogens (tertiary/aromatic N) is 1. The van der Waals surface area contributed by atoms with Crippen LogP contribution in [0, 0.1) is 12.8 Å². The Morgan fingerprint density at radius 2 is 1.81 bits per heavy atom. The summed E-state index contributed by atoms with van der Waals surface area (Å²) in [5.41, 5.74) is 4.93. The third-order valence-electron chi connectivity index (χ3n) is 7.61. The lowest BCUT2D eigenvalue weighted by Crippen LogP contribution is -2.35. The molecule has 5 rings (SSSR count). The van der Waals surface area contributed by atoms with E-state index in [0.29, 0.717) is 34.5 Å². The van der Waals surface area contributed by atoms with Crippen molar-refractivity contribution >= 4 is 22.7 Å². The van der Waals surface area contributed by atoms with Gasteiger partial charge in [0.2, 0.25) is 0 Å². The monoisotopic (exact) mass is 519 g/mol. The van der Waals surface area contributed by atoms with E-state index in [1.54, 1.807) is 30.3 Å². The molecule has 6 heteroatoms. The molecule has 3 aromatic carbocycles. The van der Waals surface area contributed by atoms with E-state index in [1.165, 1.54) is 6.42 Å². The second kappa shape index (κ2) is 10.3. The lowest BCUT2D eigenvalue weighted by molar-refractivity contribution is 0.169.